The smallest absolute Gasteiger partial charge is 0.281 e. The van der Waals surface area contributed by atoms with Gasteiger partial charge in [0, 0.05) is 18.7 Å². The second-order valence-electron chi connectivity index (χ2n) is 7.57. The summed E-state index contributed by atoms with van der Waals surface area (Å²) < 4.78 is 30.5. The number of nitrogens with zero attached hydrogens (tertiary/aromatic N) is 3. The molecule has 0 bridgehead atoms. The number of amides is 1. The number of hydrogen-bond acceptors (Lipinski definition) is 6. The van der Waals surface area contributed by atoms with Gasteiger partial charge in [0.1, 0.15) is 0 Å². The molecule has 0 unspecified atom stereocenters. The molecule has 0 spiro atoms. The monoisotopic (exact) mass is 508 g/mol. The Hall–Kier alpha value is -4.09. The number of anilines is 1. The van der Waals surface area contributed by atoms with Crippen LogP contribution in [0, 0.1) is 17.0 Å². The topological polar surface area (TPSA) is 124 Å². The highest BCUT2D eigenvalue weighted by Gasteiger charge is 2.19. The van der Waals surface area contributed by atoms with E-state index in [0.29, 0.717) is 21.6 Å². The standard InChI is InChI=1S/C24H20N4O5S2/c1-3-14-27-21-13-10-17(28(30)31)15-22(21)34-24(27)25-23(29)19-6-4-5-7-20(19)26-35(32,33)18-11-8-16(2)9-12-18/h3-13,15,26H,1,14H2,2H3. The average Bonchev–Trinajstić information content (AvgIpc) is 3.15. The fraction of sp³-hybridized carbons (Fsp3) is 0.0833. The molecule has 0 aliphatic carbocycles. The van der Waals surface area contributed by atoms with Crippen molar-refractivity contribution in [1.82, 2.24) is 4.57 Å². The van der Waals surface area contributed by atoms with Gasteiger partial charge in [0.2, 0.25) is 0 Å². The van der Waals surface area contributed by atoms with Gasteiger partial charge in [-0.3, -0.25) is 19.6 Å². The minimum atomic E-state index is -3.93. The van der Waals surface area contributed by atoms with Crippen LogP contribution in [0.15, 0.2) is 89.3 Å². The summed E-state index contributed by atoms with van der Waals surface area (Å²) >= 11 is 1.12. The zero-order valence-corrected chi connectivity index (χ0v) is 20.2. The Kier molecular flexibility index (Phi) is 6.63. The van der Waals surface area contributed by atoms with Crippen LogP contribution >= 0.6 is 11.3 Å². The van der Waals surface area contributed by atoms with Crippen molar-refractivity contribution in [2.24, 2.45) is 4.99 Å². The van der Waals surface area contributed by atoms with E-state index in [1.54, 1.807) is 41.0 Å². The van der Waals surface area contributed by atoms with Crippen LogP contribution in [0.1, 0.15) is 15.9 Å². The van der Waals surface area contributed by atoms with Crippen LogP contribution in [-0.4, -0.2) is 23.8 Å². The molecule has 178 valence electrons. The Labute approximate surface area is 204 Å². The number of thiazole rings is 1. The Morgan fingerprint density at radius 2 is 1.89 bits per heavy atom. The third-order valence-electron chi connectivity index (χ3n) is 5.12. The van der Waals surface area contributed by atoms with Crippen LogP contribution in [0.2, 0.25) is 0 Å². The van der Waals surface area contributed by atoms with Crippen molar-refractivity contribution in [3.8, 4) is 0 Å². The second kappa shape index (κ2) is 9.65. The summed E-state index contributed by atoms with van der Waals surface area (Å²) in [6, 6.07) is 16.9. The SMILES string of the molecule is C=CCn1c(=NC(=O)c2ccccc2NS(=O)(=O)c2ccc(C)cc2)sc2cc([N+](=O)[O-])ccc21. The van der Waals surface area contributed by atoms with Crippen molar-refractivity contribution in [3.05, 3.63) is 105 Å². The van der Waals surface area contributed by atoms with E-state index in [4.69, 9.17) is 0 Å². The molecule has 9 nitrogen and oxygen atoms in total. The first-order valence-corrected chi connectivity index (χ1v) is 12.7. The molecule has 0 aliphatic heterocycles. The summed E-state index contributed by atoms with van der Waals surface area (Å²) in [4.78, 5) is 28.4. The number of nitro groups is 1. The third-order valence-corrected chi connectivity index (χ3v) is 7.54. The van der Waals surface area contributed by atoms with E-state index >= 15 is 0 Å². The van der Waals surface area contributed by atoms with Gasteiger partial charge >= 0.3 is 0 Å². The van der Waals surface area contributed by atoms with Gasteiger partial charge in [-0.25, -0.2) is 8.42 Å². The average molecular weight is 509 g/mol. The van der Waals surface area contributed by atoms with E-state index in [0.717, 1.165) is 16.9 Å². The molecule has 3 aromatic carbocycles. The molecule has 1 N–H and O–H groups in total. The largest absolute Gasteiger partial charge is 0.312 e. The minimum absolute atomic E-state index is 0.0665. The van der Waals surface area contributed by atoms with Gasteiger partial charge in [0.15, 0.2) is 4.80 Å². The summed E-state index contributed by atoms with van der Waals surface area (Å²) in [6.07, 6.45) is 1.63. The number of nitrogens with one attached hydrogen (secondary N) is 1. The lowest BCUT2D eigenvalue weighted by atomic mass is 10.2. The van der Waals surface area contributed by atoms with Crippen LogP contribution in [0.3, 0.4) is 0 Å². The van der Waals surface area contributed by atoms with Crippen LogP contribution in [-0.2, 0) is 16.6 Å². The van der Waals surface area contributed by atoms with E-state index in [1.165, 1.54) is 36.4 Å². The molecule has 4 aromatic rings. The fourth-order valence-electron chi connectivity index (χ4n) is 3.39. The maximum Gasteiger partial charge on any atom is 0.281 e. The lowest BCUT2D eigenvalue weighted by Gasteiger charge is -2.11. The number of aromatic nitrogens is 1. The predicted octanol–water partition coefficient (Wildman–Crippen LogP) is 4.65. The number of non-ortho nitro benzene ring substituents is 1. The lowest BCUT2D eigenvalue weighted by molar-refractivity contribution is -0.384. The maximum atomic E-state index is 13.2. The predicted molar refractivity (Wildman–Crippen MR) is 135 cm³/mol. The van der Waals surface area contributed by atoms with E-state index < -0.39 is 20.9 Å². The van der Waals surface area contributed by atoms with Crippen molar-refractivity contribution in [3.63, 3.8) is 0 Å². The number of sulfonamides is 1. The zero-order valence-electron chi connectivity index (χ0n) is 18.5. The molecule has 1 aromatic heterocycles. The van der Waals surface area contributed by atoms with Crippen molar-refractivity contribution >= 4 is 48.9 Å². The molecular weight excluding hydrogens is 488 g/mol. The van der Waals surface area contributed by atoms with Crippen molar-refractivity contribution < 1.29 is 18.1 Å². The molecule has 0 radical (unpaired) electrons. The molecule has 1 heterocycles. The molecule has 0 saturated heterocycles. The van der Waals surface area contributed by atoms with Gasteiger partial charge < -0.3 is 4.57 Å². The van der Waals surface area contributed by atoms with Crippen LogP contribution in [0.25, 0.3) is 10.2 Å². The Balaban J connectivity index is 1.76. The Morgan fingerprint density at radius 1 is 1.17 bits per heavy atom. The molecule has 35 heavy (non-hydrogen) atoms. The number of benzene rings is 3. The zero-order chi connectivity index (χ0) is 25.2. The van der Waals surface area contributed by atoms with Gasteiger partial charge in [-0.15, -0.1) is 6.58 Å². The van der Waals surface area contributed by atoms with Gasteiger partial charge in [0.05, 0.1) is 31.3 Å². The van der Waals surface area contributed by atoms with Gasteiger partial charge in [0.25, 0.3) is 21.6 Å². The fourth-order valence-corrected chi connectivity index (χ4v) is 5.54. The highest BCUT2D eigenvalue weighted by molar-refractivity contribution is 7.92. The molecule has 11 heteroatoms. The number of carbonyl (C=O) groups is 1. The van der Waals surface area contributed by atoms with E-state index in [9.17, 15) is 23.3 Å². The first kappa shape index (κ1) is 24.0. The van der Waals surface area contributed by atoms with Crippen LogP contribution < -0.4 is 9.52 Å². The highest BCUT2D eigenvalue weighted by Crippen LogP contribution is 2.24. The molecule has 0 aliphatic rings. The minimum Gasteiger partial charge on any atom is -0.312 e. The van der Waals surface area contributed by atoms with E-state index in [1.807, 2.05) is 6.92 Å². The lowest BCUT2D eigenvalue weighted by Crippen LogP contribution is -2.18. The van der Waals surface area contributed by atoms with Crippen molar-refractivity contribution in [2.45, 2.75) is 18.4 Å². The highest BCUT2D eigenvalue weighted by atomic mass is 32.2. The maximum absolute atomic E-state index is 13.2. The second-order valence-corrected chi connectivity index (χ2v) is 10.3. The normalized spacial score (nSPS) is 12.0. The third kappa shape index (κ3) is 5.05. The van der Waals surface area contributed by atoms with Gasteiger partial charge in [-0.05, 0) is 37.3 Å². The van der Waals surface area contributed by atoms with E-state index in [-0.39, 0.29) is 21.8 Å². The van der Waals surface area contributed by atoms with Crippen LogP contribution in [0.5, 0.6) is 0 Å². The molecule has 0 saturated carbocycles. The summed E-state index contributed by atoms with van der Waals surface area (Å²) in [5, 5.41) is 11.1. The molecule has 0 fully saturated rings. The quantitative estimate of drug-likeness (QED) is 0.221. The van der Waals surface area contributed by atoms with Crippen molar-refractivity contribution in [2.75, 3.05) is 4.72 Å². The Morgan fingerprint density at radius 3 is 2.57 bits per heavy atom. The molecule has 0 atom stereocenters. The molecule has 1 amide bonds. The summed E-state index contributed by atoms with van der Waals surface area (Å²) in [7, 11) is -3.93. The Bertz CT molecular complexity index is 1630. The number of fused-ring (bicyclic) bond motifs is 1. The van der Waals surface area contributed by atoms with Gasteiger partial charge in [-0.1, -0.05) is 47.2 Å². The van der Waals surface area contributed by atoms with E-state index in [2.05, 4.69) is 16.3 Å². The number of rotatable bonds is 7. The number of carbonyl (C=O) groups excluding carboxylic acids is 1. The number of nitro benzene ring substituents is 1. The van der Waals surface area contributed by atoms with Gasteiger partial charge in [-0.2, -0.15) is 4.99 Å². The number of allylic oxidation sites excluding steroid dienone is 1. The first-order chi connectivity index (χ1) is 16.7. The molecule has 4 rings (SSSR count). The number of para-hydroxylation sites is 1. The number of hydrogen-bond donors (Lipinski definition) is 1. The summed E-state index contributed by atoms with van der Waals surface area (Å²) in [5.74, 6) is -0.661. The number of aryl methyl sites for hydroxylation is 1. The molecular formula is C24H20N4O5S2. The first-order valence-electron chi connectivity index (χ1n) is 10.4. The van der Waals surface area contributed by atoms with Crippen LogP contribution in [0.4, 0.5) is 11.4 Å². The van der Waals surface area contributed by atoms with Crippen molar-refractivity contribution in [1.29, 1.82) is 0 Å². The summed E-state index contributed by atoms with van der Waals surface area (Å²) in [5.41, 5.74) is 1.67. The summed E-state index contributed by atoms with van der Waals surface area (Å²) in [6.45, 7) is 5.90.